The molecule has 1 N–H and O–H groups in total. The number of hydrogen-bond donors (Lipinski definition) is 1. The van der Waals surface area contributed by atoms with E-state index in [9.17, 15) is 9.90 Å². The maximum absolute atomic E-state index is 11.3. The van der Waals surface area contributed by atoms with Crippen molar-refractivity contribution in [2.45, 2.75) is 26.7 Å². The lowest BCUT2D eigenvalue weighted by Crippen LogP contribution is -2.07. The summed E-state index contributed by atoms with van der Waals surface area (Å²) in [6.07, 6.45) is 0. The summed E-state index contributed by atoms with van der Waals surface area (Å²) in [5, 5.41) is 9.30. The van der Waals surface area contributed by atoms with Crippen LogP contribution in [0.2, 0.25) is 0 Å². The van der Waals surface area contributed by atoms with Crippen molar-refractivity contribution in [2.75, 3.05) is 13.7 Å². The molecular formula is C18H21NO4. The molecule has 0 fully saturated rings. The topological polar surface area (TPSA) is 68.7 Å². The van der Waals surface area contributed by atoms with Gasteiger partial charge in [-0.05, 0) is 37.1 Å². The average molecular weight is 315 g/mol. The molecule has 0 amide bonds. The highest BCUT2D eigenvalue weighted by molar-refractivity contribution is 5.89. The van der Waals surface area contributed by atoms with E-state index in [1.54, 1.807) is 25.3 Å². The Hall–Kier alpha value is -2.56. The summed E-state index contributed by atoms with van der Waals surface area (Å²) >= 11 is 0. The lowest BCUT2D eigenvalue weighted by molar-refractivity contribution is 0.0694. The maximum atomic E-state index is 11.3. The van der Waals surface area contributed by atoms with E-state index in [1.807, 2.05) is 32.9 Å². The Labute approximate surface area is 135 Å². The molecule has 0 bridgehead atoms. The molecule has 0 saturated heterocycles. The second-order valence-corrected chi connectivity index (χ2v) is 5.38. The van der Waals surface area contributed by atoms with Gasteiger partial charge in [-0.3, -0.25) is 4.98 Å². The third-order valence-corrected chi connectivity index (χ3v) is 3.47. The Bertz CT molecular complexity index is 710. The van der Waals surface area contributed by atoms with E-state index in [0.717, 1.165) is 5.56 Å². The van der Waals surface area contributed by atoms with Gasteiger partial charge in [0.2, 0.25) is 0 Å². The van der Waals surface area contributed by atoms with Gasteiger partial charge >= 0.3 is 5.97 Å². The number of ether oxygens (including phenoxy) is 2. The number of hydrogen-bond acceptors (Lipinski definition) is 4. The van der Waals surface area contributed by atoms with E-state index in [0.29, 0.717) is 29.5 Å². The van der Waals surface area contributed by atoms with Gasteiger partial charge in [0.05, 0.1) is 30.7 Å². The molecule has 0 radical (unpaired) electrons. The molecule has 0 atom stereocenters. The quantitative estimate of drug-likeness (QED) is 0.873. The van der Waals surface area contributed by atoms with Crippen LogP contribution in [0.5, 0.6) is 11.5 Å². The van der Waals surface area contributed by atoms with Gasteiger partial charge in [-0.25, -0.2) is 4.79 Å². The molecule has 0 spiro atoms. The van der Waals surface area contributed by atoms with E-state index in [1.165, 1.54) is 0 Å². The molecule has 0 aliphatic rings. The molecule has 0 unspecified atom stereocenters. The van der Waals surface area contributed by atoms with Crippen LogP contribution in [0.25, 0.3) is 11.3 Å². The first-order valence-corrected chi connectivity index (χ1v) is 7.53. The van der Waals surface area contributed by atoms with E-state index in [2.05, 4.69) is 4.98 Å². The van der Waals surface area contributed by atoms with Gasteiger partial charge in [-0.1, -0.05) is 13.8 Å². The predicted octanol–water partition coefficient (Wildman–Crippen LogP) is 3.98. The fourth-order valence-corrected chi connectivity index (χ4v) is 2.36. The molecule has 1 heterocycles. The molecule has 1 aromatic heterocycles. The Morgan fingerprint density at radius 1 is 1.26 bits per heavy atom. The molecule has 0 saturated carbocycles. The molecule has 0 aliphatic carbocycles. The number of carbonyl (C=O) groups is 1. The zero-order valence-electron chi connectivity index (χ0n) is 13.8. The van der Waals surface area contributed by atoms with Crippen molar-refractivity contribution in [1.29, 1.82) is 0 Å². The number of carboxylic acid groups (broad SMARTS) is 1. The molecule has 1 aromatic carbocycles. The summed E-state index contributed by atoms with van der Waals surface area (Å²) in [5.74, 6) is 0.405. The Kier molecular flexibility index (Phi) is 5.21. The van der Waals surface area contributed by atoms with E-state index in [-0.39, 0.29) is 11.5 Å². The molecule has 0 aliphatic heterocycles. The molecule has 122 valence electrons. The number of aromatic carboxylic acids is 1. The van der Waals surface area contributed by atoms with Gasteiger partial charge in [-0.15, -0.1) is 0 Å². The fourth-order valence-electron chi connectivity index (χ4n) is 2.36. The number of aromatic nitrogens is 1. The van der Waals surface area contributed by atoms with Crippen LogP contribution in [-0.4, -0.2) is 29.8 Å². The average Bonchev–Trinajstić information content (AvgIpc) is 2.54. The first-order valence-electron chi connectivity index (χ1n) is 7.53. The molecular weight excluding hydrogens is 294 g/mol. The Morgan fingerprint density at radius 3 is 2.57 bits per heavy atom. The minimum atomic E-state index is -0.965. The lowest BCUT2D eigenvalue weighted by Gasteiger charge is -2.14. The summed E-state index contributed by atoms with van der Waals surface area (Å²) in [6.45, 7) is 6.28. The van der Waals surface area contributed by atoms with E-state index >= 15 is 0 Å². The smallest absolute Gasteiger partial charge is 0.337 e. The van der Waals surface area contributed by atoms with Gasteiger partial charge < -0.3 is 14.6 Å². The van der Waals surface area contributed by atoms with Crippen molar-refractivity contribution in [2.24, 2.45) is 0 Å². The van der Waals surface area contributed by atoms with Gasteiger partial charge in [0.25, 0.3) is 0 Å². The fraction of sp³-hybridized carbons (Fsp3) is 0.333. The Morgan fingerprint density at radius 2 is 2.00 bits per heavy atom. The van der Waals surface area contributed by atoms with Crippen molar-refractivity contribution < 1.29 is 19.4 Å². The number of rotatable bonds is 6. The second kappa shape index (κ2) is 7.13. The largest absolute Gasteiger partial charge is 0.497 e. The molecule has 2 rings (SSSR count). The monoisotopic (exact) mass is 315 g/mol. The summed E-state index contributed by atoms with van der Waals surface area (Å²) in [6, 6.07) is 8.82. The van der Waals surface area contributed by atoms with Crippen molar-refractivity contribution in [1.82, 2.24) is 4.98 Å². The minimum absolute atomic E-state index is 0.00911. The first kappa shape index (κ1) is 16.8. The van der Waals surface area contributed by atoms with Gasteiger partial charge in [0, 0.05) is 11.6 Å². The SMILES string of the molecule is CCOc1cc(OC)ccc1-c1ccc(C(=O)O)c(C(C)C)n1. The van der Waals surface area contributed by atoms with Crippen LogP contribution >= 0.6 is 0 Å². The summed E-state index contributed by atoms with van der Waals surface area (Å²) < 4.78 is 10.9. The van der Waals surface area contributed by atoms with Crippen LogP contribution in [0.4, 0.5) is 0 Å². The number of benzene rings is 1. The summed E-state index contributed by atoms with van der Waals surface area (Å²) in [7, 11) is 1.60. The third-order valence-electron chi connectivity index (χ3n) is 3.47. The zero-order chi connectivity index (χ0) is 17.0. The highest BCUT2D eigenvalue weighted by Gasteiger charge is 2.17. The van der Waals surface area contributed by atoms with Crippen LogP contribution in [0.3, 0.4) is 0 Å². The van der Waals surface area contributed by atoms with Crippen molar-refractivity contribution in [3.8, 4) is 22.8 Å². The molecule has 5 nitrogen and oxygen atoms in total. The number of pyridine rings is 1. The standard InChI is InChI=1S/C18H21NO4/c1-5-23-16-10-12(22-4)6-7-13(16)15-9-8-14(18(20)21)17(19-15)11(2)3/h6-11H,5H2,1-4H3,(H,20,21). The van der Waals surface area contributed by atoms with Crippen molar-refractivity contribution in [3.63, 3.8) is 0 Å². The number of nitrogens with zero attached hydrogens (tertiary/aromatic N) is 1. The zero-order valence-corrected chi connectivity index (χ0v) is 13.8. The van der Waals surface area contributed by atoms with Crippen LogP contribution in [0.1, 0.15) is 42.7 Å². The number of methoxy groups -OCH3 is 1. The van der Waals surface area contributed by atoms with Gasteiger partial charge in [0.1, 0.15) is 11.5 Å². The Balaban J connectivity index is 2.57. The minimum Gasteiger partial charge on any atom is -0.497 e. The predicted molar refractivity (Wildman–Crippen MR) is 88.4 cm³/mol. The highest BCUT2D eigenvalue weighted by atomic mass is 16.5. The molecule has 5 heteroatoms. The normalized spacial score (nSPS) is 10.7. The first-order chi connectivity index (χ1) is 11.0. The molecule has 23 heavy (non-hydrogen) atoms. The van der Waals surface area contributed by atoms with Crippen LogP contribution in [0, 0.1) is 0 Å². The van der Waals surface area contributed by atoms with Crippen LogP contribution in [0.15, 0.2) is 30.3 Å². The van der Waals surface area contributed by atoms with Gasteiger partial charge in [-0.2, -0.15) is 0 Å². The summed E-state index contributed by atoms with van der Waals surface area (Å²) in [5.41, 5.74) is 2.29. The maximum Gasteiger partial charge on any atom is 0.337 e. The van der Waals surface area contributed by atoms with Crippen molar-refractivity contribution in [3.05, 3.63) is 41.6 Å². The van der Waals surface area contributed by atoms with E-state index < -0.39 is 5.97 Å². The molecule has 2 aromatic rings. The van der Waals surface area contributed by atoms with Crippen molar-refractivity contribution >= 4 is 5.97 Å². The summed E-state index contributed by atoms with van der Waals surface area (Å²) in [4.78, 5) is 15.9. The third kappa shape index (κ3) is 3.62. The number of carboxylic acids is 1. The van der Waals surface area contributed by atoms with Crippen LogP contribution in [-0.2, 0) is 0 Å². The van der Waals surface area contributed by atoms with Gasteiger partial charge in [0.15, 0.2) is 0 Å². The van der Waals surface area contributed by atoms with Crippen LogP contribution < -0.4 is 9.47 Å². The van der Waals surface area contributed by atoms with E-state index in [4.69, 9.17) is 9.47 Å². The lowest BCUT2D eigenvalue weighted by atomic mass is 10.0. The highest BCUT2D eigenvalue weighted by Crippen LogP contribution is 2.33. The second-order valence-electron chi connectivity index (χ2n) is 5.38.